The number of carbonyl (C=O) groups is 2. The molecule has 1 atom stereocenters. The number of benzene rings is 2. The van der Waals surface area contributed by atoms with E-state index in [0.717, 1.165) is 11.4 Å². The average Bonchev–Trinajstić information content (AvgIpc) is 2.56. The monoisotopic (exact) mass is 339 g/mol. The van der Waals surface area contributed by atoms with Gasteiger partial charge in [0, 0.05) is 18.5 Å². The van der Waals surface area contributed by atoms with Crippen LogP contribution < -0.4 is 15.5 Å². The van der Waals surface area contributed by atoms with E-state index >= 15 is 0 Å². The molecule has 0 aliphatic rings. The van der Waals surface area contributed by atoms with Crippen LogP contribution in [0.4, 0.5) is 16.2 Å². The Bertz CT molecular complexity index is 647. The van der Waals surface area contributed by atoms with Crippen LogP contribution in [-0.2, 0) is 4.79 Å². The number of amides is 3. The van der Waals surface area contributed by atoms with Crippen molar-refractivity contribution in [3.63, 3.8) is 0 Å². The van der Waals surface area contributed by atoms with Crippen molar-refractivity contribution in [1.29, 1.82) is 0 Å². The second kappa shape index (κ2) is 8.87. The molecule has 3 amide bonds. The highest BCUT2D eigenvalue weighted by Gasteiger charge is 2.20. The molecule has 1 unspecified atom stereocenters. The van der Waals surface area contributed by atoms with Gasteiger partial charge in [0.2, 0.25) is 5.91 Å². The minimum Gasteiger partial charge on any atom is -0.354 e. The number of hydrogen-bond donors (Lipinski definition) is 2. The van der Waals surface area contributed by atoms with E-state index in [1.54, 1.807) is 4.90 Å². The first kappa shape index (κ1) is 18.5. The summed E-state index contributed by atoms with van der Waals surface area (Å²) in [6.45, 7) is 5.65. The zero-order chi connectivity index (χ0) is 18.2. The molecule has 0 spiro atoms. The predicted octanol–water partition coefficient (Wildman–Crippen LogP) is 3.84. The number of hydrogen-bond acceptors (Lipinski definition) is 2. The van der Waals surface area contributed by atoms with Gasteiger partial charge >= 0.3 is 6.03 Å². The van der Waals surface area contributed by atoms with Crippen molar-refractivity contribution in [2.24, 2.45) is 0 Å². The van der Waals surface area contributed by atoms with Crippen molar-refractivity contribution in [1.82, 2.24) is 10.6 Å². The van der Waals surface area contributed by atoms with E-state index in [1.165, 1.54) is 0 Å². The van der Waals surface area contributed by atoms with E-state index in [2.05, 4.69) is 10.6 Å². The van der Waals surface area contributed by atoms with Crippen LogP contribution in [0.25, 0.3) is 0 Å². The van der Waals surface area contributed by atoms with E-state index in [1.807, 2.05) is 81.4 Å². The molecular formula is C20H25N3O2. The predicted molar refractivity (Wildman–Crippen MR) is 101 cm³/mol. The van der Waals surface area contributed by atoms with Crippen LogP contribution in [0.2, 0.25) is 0 Å². The molecule has 5 heteroatoms. The summed E-state index contributed by atoms with van der Waals surface area (Å²) in [5.41, 5.74) is 1.54. The first-order valence-corrected chi connectivity index (χ1v) is 8.47. The normalized spacial score (nSPS) is 11.7. The summed E-state index contributed by atoms with van der Waals surface area (Å²) in [5.74, 6) is -0.0752. The fraction of sp³-hybridized carbons (Fsp3) is 0.300. The number of para-hydroxylation sites is 2. The standard InChI is InChI=1S/C20H25N3O2/c1-15(2)21-19(24)14-16(3)22-20(25)23(17-10-6-4-7-11-17)18-12-8-5-9-13-18/h4-13,15-16H,14H2,1-3H3,(H,21,24)(H,22,25). The lowest BCUT2D eigenvalue weighted by Crippen LogP contribution is -2.44. The first-order chi connectivity index (χ1) is 12.0. The summed E-state index contributed by atoms with van der Waals surface area (Å²) in [7, 11) is 0. The van der Waals surface area contributed by atoms with Gasteiger partial charge in [-0.1, -0.05) is 36.4 Å². The zero-order valence-corrected chi connectivity index (χ0v) is 14.9. The van der Waals surface area contributed by atoms with E-state index in [-0.39, 0.29) is 30.4 Å². The Morgan fingerprint density at radius 1 is 0.840 bits per heavy atom. The Kier molecular flexibility index (Phi) is 6.57. The lowest BCUT2D eigenvalue weighted by Gasteiger charge is -2.25. The Hall–Kier alpha value is -2.82. The van der Waals surface area contributed by atoms with Crippen molar-refractivity contribution in [2.75, 3.05) is 4.90 Å². The number of anilines is 2. The SMILES string of the molecule is CC(C)NC(=O)CC(C)NC(=O)N(c1ccccc1)c1ccccc1. The van der Waals surface area contributed by atoms with Crippen LogP contribution in [0.15, 0.2) is 60.7 Å². The van der Waals surface area contributed by atoms with Crippen molar-refractivity contribution in [2.45, 2.75) is 39.3 Å². The fourth-order valence-corrected chi connectivity index (χ4v) is 2.52. The van der Waals surface area contributed by atoms with Crippen molar-refractivity contribution in [3.05, 3.63) is 60.7 Å². The molecule has 0 aliphatic heterocycles. The lowest BCUT2D eigenvalue weighted by molar-refractivity contribution is -0.121. The molecule has 0 aliphatic carbocycles. The molecule has 0 saturated carbocycles. The number of urea groups is 1. The Morgan fingerprint density at radius 3 is 1.76 bits per heavy atom. The van der Waals surface area contributed by atoms with Crippen molar-refractivity contribution >= 4 is 23.3 Å². The van der Waals surface area contributed by atoms with Gasteiger partial charge in [-0.3, -0.25) is 9.69 Å². The molecule has 5 nitrogen and oxygen atoms in total. The molecule has 0 radical (unpaired) electrons. The maximum absolute atomic E-state index is 12.8. The third-order valence-electron chi connectivity index (χ3n) is 3.54. The highest BCUT2D eigenvalue weighted by molar-refractivity contribution is 5.99. The minimum absolute atomic E-state index is 0.0752. The third kappa shape index (κ3) is 5.64. The Balaban J connectivity index is 2.12. The number of nitrogens with one attached hydrogen (secondary N) is 2. The molecule has 0 heterocycles. The van der Waals surface area contributed by atoms with Crippen LogP contribution in [0.3, 0.4) is 0 Å². The third-order valence-corrected chi connectivity index (χ3v) is 3.54. The molecular weight excluding hydrogens is 314 g/mol. The molecule has 132 valence electrons. The van der Waals surface area contributed by atoms with E-state index in [9.17, 15) is 9.59 Å². The molecule has 25 heavy (non-hydrogen) atoms. The molecule has 0 bridgehead atoms. The fourth-order valence-electron chi connectivity index (χ4n) is 2.52. The highest BCUT2D eigenvalue weighted by Crippen LogP contribution is 2.25. The Morgan fingerprint density at radius 2 is 1.32 bits per heavy atom. The molecule has 2 aromatic carbocycles. The van der Waals surface area contributed by atoms with Crippen LogP contribution >= 0.6 is 0 Å². The van der Waals surface area contributed by atoms with Gasteiger partial charge in [0.05, 0.1) is 11.4 Å². The van der Waals surface area contributed by atoms with Gasteiger partial charge in [-0.25, -0.2) is 4.79 Å². The molecule has 2 rings (SSSR count). The van der Waals surface area contributed by atoms with Gasteiger partial charge in [0.1, 0.15) is 0 Å². The van der Waals surface area contributed by atoms with Gasteiger partial charge in [0.25, 0.3) is 0 Å². The number of rotatable bonds is 6. The summed E-state index contributed by atoms with van der Waals surface area (Å²) >= 11 is 0. The van der Waals surface area contributed by atoms with Gasteiger partial charge < -0.3 is 10.6 Å². The lowest BCUT2D eigenvalue weighted by atomic mass is 10.2. The molecule has 2 aromatic rings. The topological polar surface area (TPSA) is 61.4 Å². The summed E-state index contributed by atoms with van der Waals surface area (Å²) in [4.78, 5) is 26.3. The van der Waals surface area contributed by atoms with Crippen molar-refractivity contribution in [3.8, 4) is 0 Å². The number of carbonyl (C=O) groups excluding carboxylic acids is 2. The highest BCUT2D eigenvalue weighted by atomic mass is 16.2. The quantitative estimate of drug-likeness (QED) is 0.840. The van der Waals surface area contributed by atoms with Crippen LogP contribution in [0, 0.1) is 0 Å². The second-order valence-corrected chi connectivity index (χ2v) is 6.28. The van der Waals surface area contributed by atoms with Crippen LogP contribution in [-0.4, -0.2) is 24.0 Å². The van der Waals surface area contributed by atoms with Gasteiger partial charge in [0.15, 0.2) is 0 Å². The van der Waals surface area contributed by atoms with E-state index in [0.29, 0.717) is 0 Å². The smallest absolute Gasteiger partial charge is 0.326 e. The minimum atomic E-state index is -0.277. The van der Waals surface area contributed by atoms with E-state index in [4.69, 9.17) is 0 Å². The molecule has 0 aromatic heterocycles. The maximum Gasteiger partial charge on any atom is 0.326 e. The summed E-state index contributed by atoms with van der Waals surface area (Å²) in [5, 5.41) is 5.74. The summed E-state index contributed by atoms with van der Waals surface area (Å²) < 4.78 is 0. The van der Waals surface area contributed by atoms with Crippen LogP contribution in [0.1, 0.15) is 27.2 Å². The second-order valence-electron chi connectivity index (χ2n) is 6.28. The van der Waals surface area contributed by atoms with Gasteiger partial charge in [-0.2, -0.15) is 0 Å². The largest absolute Gasteiger partial charge is 0.354 e. The molecule has 0 fully saturated rings. The van der Waals surface area contributed by atoms with Gasteiger partial charge in [-0.05, 0) is 45.0 Å². The van der Waals surface area contributed by atoms with Crippen molar-refractivity contribution < 1.29 is 9.59 Å². The Labute approximate surface area is 149 Å². The van der Waals surface area contributed by atoms with Gasteiger partial charge in [-0.15, -0.1) is 0 Å². The average molecular weight is 339 g/mol. The first-order valence-electron chi connectivity index (χ1n) is 8.47. The molecule has 0 saturated heterocycles. The van der Waals surface area contributed by atoms with E-state index < -0.39 is 0 Å². The van der Waals surface area contributed by atoms with Crippen LogP contribution in [0.5, 0.6) is 0 Å². The summed E-state index contributed by atoms with van der Waals surface area (Å²) in [6, 6.07) is 18.4. The maximum atomic E-state index is 12.8. The number of nitrogens with zero attached hydrogens (tertiary/aromatic N) is 1. The molecule has 2 N–H and O–H groups in total. The summed E-state index contributed by atoms with van der Waals surface area (Å²) in [6.07, 6.45) is 0.237. The zero-order valence-electron chi connectivity index (χ0n) is 14.9.